The Balaban J connectivity index is 2.00. The van der Waals surface area contributed by atoms with Crippen LogP contribution in [0.5, 0.6) is 0 Å². The topological polar surface area (TPSA) is 61.9 Å². The molecule has 0 amide bonds. The van der Waals surface area contributed by atoms with Gasteiger partial charge in [-0.15, -0.1) is 0 Å². The van der Waals surface area contributed by atoms with Crippen LogP contribution in [0.1, 0.15) is 36.8 Å². The number of nitrogens with zero attached hydrogens (tertiary/aromatic N) is 2. The van der Waals surface area contributed by atoms with Crippen LogP contribution in [0, 0.1) is 5.82 Å². The molecule has 1 heterocycles. The first-order valence-electron chi connectivity index (χ1n) is 7.13. The first-order chi connectivity index (χ1) is 9.70. The van der Waals surface area contributed by atoms with E-state index in [2.05, 4.69) is 9.89 Å². The first-order valence-corrected chi connectivity index (χ1v) is 7.13. The summed E-state index contributed by atoms with van der Waals surface area (Å²) in [4.78, 5) is 6.50. The lowest BCUT2D eigenvalue weighted by Crippen LogP contribution is -2.38. The lowest BCUT2D eigenvalue weighted by atomic mass is 10.1. The van der Waals surface area contributed by atoms with Crippen LogP contribution in [0.3, 0.4) is 0 Å². The molecule has 1 fully saturated rings. The van der Waals surface area contributed by atoms with E-state index < -0.39 is 0 Å². The third-order valence-electron chi connectivity index (χ3n) is 3.63. The SMILES string of the molecule is NC(=NCc1ccc(F)c(CO)c1)N1CCCCCC1. The molecule has 2 rings (SSSR count). The molecule has 1 aliphatic rings. The van der Waals surface area contributed by atoms with Gasteiger partial charge >= 0.3 is 0 Å². The molecule has 0 spiro atoms. The molecule has 0 aromatic heterocycles. The molecule has 0 saturated carbocycles. The van der Waals surface area contributed by atoms with Crippen molar-refractivity contribution in [3.05, 3.63) is 35.1 Å². The van der Waals surface area contributed by atoms with Crippen LogP contribution in [0.4, 0.5) is 4.39 Å². The van der Waals surface area contributed by atoms with Gasteiger partial charge in [-0.1, -0.05) is 18.9 Å². The molecule has 1 aromatic carbocycles. The van der Waals surface area contributed by atoms with Gasteiger partial charge in [-0.2, -0.15) is 0 Å². The zero-order chi connectivity index (χ0) is 14.4. The lowest BCUT2D eigenvalue weighted by Gasteiger charge is -2.21. The highest BCUT2D eigenvalue weighted by Gasteiger charge is 2.10. The Labute approximate surface area is 119 Å². The summed E-state index contributed by atoms with van der Waals surface area (Å²) >= 11 is 0. The summed E-state index contributed by atoms with van der Waals surface area (Å²) in [6.07, 6.45) is 4.81. The van der Waals surface area contributed by atoms with Gasteiger partial charge in [-0.05, 0) is 30.5 Å². The summed E-state index contributed by atoms with van der Waals surface area (Å²) < 4.78 is 13.3. The number of nitrogens with two attached hydrogens (primary N) is 1. The Morgan fingerprint density at radius 2 is 1.95 bits per heavy atom. The molecule has 0 bridgehead atoms. The molecule has 1 aromatic rings. The number of guanidine groups is 1. The van der Waals surface area contributed by atoms with E-state index in [0.717, 1.165) is 31.5 Å². The minimum atomic E-state index is -0.388. The smallest absolute Gasteiger partial charge is 0.191 e. The minimum Gasteiger partial charge on any atom is -0.392 e. The van der Waals surface area contributed by atoms with Crippen LogP contribution >= 0.6 is 0 Å². The predicted octanol–water partition coefficient (Wildman–Crippen LogP) is 2.01. The number of benzene rings is 1. The third-order valence-corrected chi connectivity index (χ3v) is 3.63. The highest BCUT2D eigenvalue weighted by atomic mass is 19.1. The molecule has 5 heteroatoms. The number of hydrogen-bond acceptors (Lipinski definition) is 2. The third kappa shape index (κ3) is 3.93. The van der Waals surface area contributed by atoms with Crippen LogP contribution in [-0.2, 0) is 13.2 Å². The molecule has 0 aliphatic carbocycles. The van der Waals surface area contributed by atoms with E-state index in [0.29, 0.717) is 18.1 Å². The van der Waals surface area contributed by atoms with Crippen molar-refractivity contribution in [2.75, 3.05) is 13.1 Å². The Morgan fingerprint density at radius 1 is 1.25 bits per heavy atom. The maximum absolute atomic E-state index is 13.3. The number of aliphatic imine (C=N–C) groups is 1. The number of aliphatic hydroxyl groups excluding tert-OH is 1. The molecular formula is C15H22FN3O. The van der Waals surface area contributed by atoms with Crippen molar-refractivity contribution >= 4 is 5.96 Å². The summed E-state index contributed by atoms with van der Waals surface area (Å²) in [5.74, 6) is 0.169. The molecule has 1 saturated heterocycles. The summed E-state index contributed by atoms with van der Waals surface area (Å²) in [6, 6.07) is 4.67. The van der Waals surface area contributed by atoms with E-state index in [9.17, 15) is 4.39 Å². The normalized spacial score (nSPS) is 17.1. The summed E-state index contributed by atoms with van der Waals surface area (Å²) in [5, 5.41) is 9.05. The molecule has 3 N–H and O–H groups in total. The lowest BCUT2D eigenvalue weighted by molar-refractivity contribution is 0.275. The summed E-state index contributed by atoms with van der Waals surface area (Å²) in [5.41, 5.74) is 7.17. The Hall–Kier alpha value is -1.62. The van der Waals surface area contributed by atoms with Gasteiger partial charge in [0.25, 0.3) is 0 Å². The van der Waals surface area contributed by atoms with Crippen LogP contribution in [0.2, 0.25) is 0 Å². The molecule has 20 heavy (non-hydrogen) atoms. The number of likely N-dealkylation sites (tertiary alicyclic amines) is 1. The Kier molecular flexibility index (Phi) is 5.35. The molecule has 1 aliphatic heterocycles. The highest BCUT2D eigenvalue weighted by Crippen LogP contribution is 2.12. The maximum atomic E-state index is 13.3. The molecule has 0 atom stereocenters. The van der Waals surface area contributed by atoms with Gasteiger partial charge in [0.15, 0.2) is 5.96 Å². The number of halogens is 1. The zero-order valence-corrected chi connectivity index (χ0v) is 11.7. The average molecular weight is 279 g/mol. The maximum Gasteiger partial charge on any atom is 0.191 e. The van der Waals surface area contributed by atoms with Gasteiger partial charge in [-0.3, -0.25) is 0 Å². The van der Waals surface area contributed by atoms with E-state index in [-0.39, 0.29) is 12.4 Å². The fourth-order valence-corrected chi connectivity index (χ4v) is 2.42. The quantitative estimate of drug-likeness (QED) is 0.657. The van der Waals surface area contributed by atoms with Gasteiger partial charge in [0.1, 0.15) is 5.82 Å². The predicted molar refractivity (Wildman–Crippen MR) is 77.7 cm³/mol. The van der Waals surface area contributed by atoms with E-state index in [4.69, 9.17) is 10.8 Å². The van der Waals surface area contributed by atoms with E-state index in [1.54, 1.807) is 12.1 Å². The zero-order valence-electron chi connectivity index (χ0n) is 11.7. The highest BCUT2D eigenvalue weighted by molar-refractivity contribution is 5.78. The van der Waals surface area contributed by atoms with E-state index in [1.807, 2.05) is 0 Å². The fraction of sp³-hybridized carbons (Fsp3) is 0.533. The Morgan fingerprint density at radius 3 is 2.60 bits per heavy atom. The molecule has 110 valence electrons. The van der Waals surface area contributed by atoms with Gasteiger partial charge in [0, 0.05) is 18.7 Å². The number of rotatable bonds is 3. The molecule has 0 radical (unpaired) electrons. The van der Waals surface area contributed by atoms with Gasteiger partial charge in [0.05, 0.1) is 13.2 Å². The van der Waals surface area contributed by atoms with Crippen LogP contribution in [0.25, 0.3) is 0 Å². The second kappa shape index (κ2) is 7.24. The van der Waals surface area contributed by atoms with E-state index in [1.165, 1.54) is 18.9 Å². The van der Waals surface area contributed by atoms with Crippen molar-refractivity contribution in [2.45, 2.75) is 38.8 Å². The van der Waals surface area contributed by atoms with Crippen molar-refractivity contribution in [1.82, 2.24) is 4.90 Å². The van der Waals surface area contributed by atoms with Gasteiger partial charge < -0.3 is 15.7 Å². The summed E-state index contributed by atoms with van der Waals surface area (Å²) in [6.45, 7) is 2.03. The van der Waals surface area contributed by atoms with Crippen molar-refractivity contribution in [2.24, 2.45) is 10.7 Å². The largest absolute Gasteiger partial charge is 0.392 e. The molecular weight excluding hydrogens is 257 g/mol. The van der Waals surface area contributed by atoms with Crippen molar-refractivity contribution < 1.29 is 9.50 Å². The van der Waals surface area contributed by atoms with Crippen LogP contribution < -0.4 is 5.73 Å². The van der Waals surface area contributed by atoms with Crippen molar-refractivity contribution in [3.63, 3.8) is 0 Å². The fourth-order valence-electron chi connectivity index (χ4n) is 2.42. The van der Waals surface area contributed by atoms with Gasteiger partial charge in [0.2, 0.25) is 0 Å². The van der Waals surface area contributed by atoms with Crippen molar-refractivity contribution in [3.8, 4) is 0 Å². The van der Waals surface area contributed by atoms with E-state index >= 15 is 0 Å². The summed E-state index contributed by atoms with van der Waals surface area (Å²) in [7, 11) is 0. The molecule has 4 nitrogen and oxygen atoms in total. The second-order valence-corrected chi connectivity index (χ2v) is 5.16. The van der Waals surface area contributed by atoms with Crippen molar-refractivity contribution in [1.29, 1.82) is 0 Å². The van der Waals surface area contributed by atoms with Crippen LogP contribution in [0.15, 0.2) is 23.2 Å². The first kappa shape index (κ1) is 14.8. The van der Waals surface area contributed by atoms with Gasteiger partial charge in [-0.25, -0.2) is 9.38 Å². The standard InChI is InChI=1S/C15H22FN3O/c16-14-6-5-12(9-13(14)11-20)10-18-15(17)19-7-3-1-2-4-8-19/h5-6,9,20H,1-4,7-8,10-11H2,(H2,17,18). The second-order valence-electron chi connectivity index (χ2n) is 5.16. The number of hydrogen-bond donors (Lipinski definition) is 2. The minimum absolute atomic E-state index is 0.297. The monoisotopic (exact) mass is 279 g/mol. The van der Waals surface area contributed by atoms with Crippen LogP contribution in [-0.4, -0.2) is 29.1 Å². The average Bonchev–Trinajstić information content (AvgIpc) is 2.75. The Bertz CT molecular complexity index is 468. The molecule has 0 unspecified atom stereocenters. The number of aliphatic hydroxyl groups is 1.